The number of carbonyl (C=O) groups excluding carboxylic acids is 2. The fourth-order valence-electron chi connectivity index (χ4n) is 4.92. The molecule has 2 aliphatic rings. The molecule has 3 atom stereocenters. The number of ether oxygens (including phenoxy) is 1. The Kier molecular flexibility index (Phi) is 8.12. The third-order valence-corrected chi connectivity index (χ3v) is 7.12. The first kappa shape index (κ1) is 26.6. The molecule has 0 unspecified atom stereocenters. The summed E-state index contributed by atoms with van der Waals surface area (Å²) in [4.78, 5) is 37.5. The minimum Gasteiger partial charge on any atom is -0.478 e. The molecule has 2 aromatic rings. The standard InChI is InChI=1S/C28H36N4O5/c1-5-20(6-2)37-25-14-19(28(35)36)13-21(26(25)29-17(4)33)30-27(34)22-15-24(18-11-12-18)32(31-22)23-10-8-7-9-16(23)3/h7-10,14-15,18,20-21,25-26H,5-6,11-13H2,1-4H3,(H,29,33)(H,30,34)(H,35,36)/t21-,25+,26+/m0/s1. The summed E-state index contributed by atoms with van der Waals surface area (Å²) in [5.74, 6) is -1.41. The van der Waals surface area contributed by atoms with Crippen LogP contribution in [0.25, 0.3) is 5.69 Å². The normalized spacial score (nSPS) is 21.4. The third-order valence-electron chi connectivity index (χ3n) is 7.12. The Bertz CT molecular complexity index is 1190. The van der Waals surface area contributed by atoms with Crippen LogP contribution in [-0.4, -0.2) is 57.0 Å². The Labute approximate surface area is 217 Å². The van der Waals surface area contributed by atoms with Gasteiger partial charge < -0.3 is 20.5 Å². The molecule has 0 radical (unpaired) electrons. The molecule has 0 bridgehead atoms. The molecule has 1 fully saturated rings. The third kappa shape index (κ3) is 6.10. The number of aliphatic carboxylic acids is 1. The highest BCUT2D eigenvalue weighted by atomic mass is 16.5. The number of carboxylic acids is 1. The summed E-state index contributed by atoms with van der Waals surface area (Å²) in [5, 5.41) is 20.3. The van der Waals surface area contributed by atoms with Crippen molar-refractivity contribution in [3.8, 4) is 5.69 Å². The predicted octanol–water partition coefficient (Wildman–Crippen LogP) is 3.65. The Morgan fingerprint density at radius 2 is 1.86 bits per heavy atom. The van der Waals surface area contributed by atoms with E-state index in [9.17, 15) is 19.5 Å². The quantitative estimate of drug-likeness (QED) is 0.450. The van der Waals surface area contributed by atoms with Crippen molar-refractivity contribution in [1.29, 1.82) is 0 Å². The summed E-state index contributed by atoms with van der Waals surface area (Å²) in [7, 11) is 0. The van der Waals surface area contributed by atoms with Crippen LogP contribution >= 0.6 is 0 Å². The molecular weight excluding hydrogens is 472 g/mol. The fraction of sp³-hybridized carbons (Fsp3) is 0.500. The molecule has 9 nitrogen and oxygen atoms in total. The molecule has 37 heavy (non-hydrogen) atoms. The number of para-hydroxylation sites is 1. The summed E-state index contributed by atoms with van der Waals surface area (Å²) < 4.78 is 8.05. The van der Waals surface area contributed by atoms with Crippen LogP contribution in [0.2, 0.25) is 0 Å². The van der Waals surface area contributed by atoms with Gasteiger partial charge in [0.2, 0.25) is 5.91 Å². The molecule has 1 aromatic carbocycles. The molecule has 1 aromatic heterocycles. The predicted molar refractivity (Wildman–Crippen MR) is 139 cm³/mol. The minimum absolute atomic E-state index is 0.0583. The second-order valence-corrected chi connectivity index (χ2v) is 9.97. The molecule has 4 rings (SSSR count). The number of benzene rings is 1. The van der Waals surface area contributed by atoms with Crippen LogP contribution in [0.1, 0.15) is 80.5 Å². The van der Waals surface area contributed by atoms with Crippen LogP contribution in [0.3, 0.4) is 0 Å². The van der Waals surface area contributed by atoms with Gasteiger partial charge in [0.25, 0.3) is 5.91 Å². The van der Waals surface area contributed by atoms with Crippen LogP contribution in [0.5, 0.6) is 0 Å². The van der Waals surface area contributed by atoms with Gasteiger partial charge in [0.05, 0.1) is 30.0 Å². The van der Waals surface area contributed by atoms with E-state index in [1.807, 2.05) is 55.8 Å². The average Bonchev–Trinajstić information content (AvgIpc) is 3.62. The summed E-state index contributed by atoms with van der Waals surface area (Å²) in [6.45, 7) is 7.39. The molecular formula is C28H36N4O5. The zero-order valence-corrected chi connectivity index (χ0v) is 21.9. The van der Waals surface area contributed by atoms with Crippen LogP contribution in [0, 0.1) is 6.92 Å². The number of carboxylic acid groups (broad SMARTS) is 1. The number of carbonyl (C=O) groups is 3. The molecule has 2 amide bonds. The molecule has 0 aliphatic heterocycles. The van der Waals surface area contributed by atoms with Crippen molar-refractivity contribution >= 4 is 17.8 Å². The number of nitrogens with one attached hydrogen (secondary N) is 2. The lowest BCUT2D eigenvalue weighted by Crippen LogP contribution is -2.59. The molecule has 0 spiro atoms. The molecule has 1 heterocycles. The van der Waals surface area contributed by atoms with Gasteiger partial charge in [-0.25, -0.2) is 9.48 Å². The summed E-state index contributed by atoms with van der Waals surface area (Å²) in [6.07, 6.45) is 4.41. The summed E-state index contributed by atoms with van der Waals surface area (Å²) in [5.41, 5.74) is 3.37. The van der Waals surface area contributed by atoms with E-state index in [2.05, 4.69) is 15.7 Å². The van der Waals surface area contributed by atoms with Crippen LogP contribution in [0.4, 0.5) is 0 Å². The first-order chi connectivity index (χ1) is 17.7. The lowest BCUT2D eigenvalue weighted by Gasteiger charge is -2.38. The van der Waals surface area contributed by atoms with Gasteiger partial charge in [-0.05, 0) is 56.4 Å². The van der Waals surface area contributed by atoms with E-state index in [0.29, 0.717) is 5.92 Å². The van der Waals surface area contributed by atoms with Crippen molar-refractivity contribution in [2.45, 2.75) is 90.0 Å². The summed E-state index contributed by atoms with van der Waals surface area (Å²) >= 11 is 0. The van der Waals surface area contributed by atoms with Crippen LogP contribution in [-0.2, 0) is 14.3 Å². The number of nitrogens with zero attached hydrogens (tertiary/aromatic N) is 2. The number of aromatic nitrogens is 2. The highest BCUT2D eigenvalue weighted by molar-refractivity contribution is 5.93. The maximum atomic E-state index is 13.5. The molecule has 0 saturated heterocycles. The lowest BCUT2D eigenvalue weighted by molar-refractivity contribution is -0.133. The molecule has 1 saturated carbocycles. The van der Waals surface area contributed by atoms with Gasteiger partial charge in [0.1, 0.15) is 0 Å². The van der Waals surface area contributed by atoms with Crippen molar-refractivity contribution in [1.82, 2.24) is 20.4 Å². The second-order valence-electron chi connectivity index (χ2n) is 9.97. The lowest BCUT2D eigenvalue weighted by atomic mass is 9.87. The monoisotopic (exact) mass is 508 g/mol. The zero-order chi connectivity index (χ0) is 26.7. The van der Waals surface area contributed by atoms with Gasteiger partial charge in [-0.2, -0.15) is 5.10 Å². The molecule has 2 aliphatic carbocycles. The Morgan fingerprint density at radius 3 is 2.46 bits per heavy atom. The van der Waals surface area contributed by atoms with E-state index in [4.69, 9.17) is 4.74 Å². The minimum atomic E-state index is -1.07. The molecule has 9 heteroatoms. The van der Waals surface area contributed by atoms with Crippen molar-refractivity contribution < 1.29 is 24.2 Å². The van der Waals surface area contributed by atoms with Crippen LogP contribution in [0.15, 0.2) is 42.0 Å². The zero-order valence-electron chi connectivity index (χ0n) is 21.9. The first-order valence-electron chi connectivity index (χ1n) is 13.0. The van der Waals surface area contributed by atoms with Crippen LogP contribution < -0.4 is 10.6 Å². The number of amides is 2. The SMILES string of the molecule is CCC(CC)O[C@@H]1C=C(C(=O)O)C[C@H](NC(=O)c2cc(C3CC3)n(-c3ccccc3C)n2)[C@H]1NC(C)=O. The number of aryl methyl sites for hydroxylation is 1. The van der Waals surface area contributed by atoms with Crippen molar-refractivity contribution in [3.05, 3.63) is 58.9 Å². The van der Waals surface area contributed by atoms with E-state index in [-0.39, 0.29) is 29.7 Å². The summed E-state index contributed by atoms with van der Waals surface area (Å²) in [6, 6.07) is 8.42. The van der Waals surface area contributed by atoms with Gasteiger partial charge in [-0.3, -0.25) is 9.59 Å². The highest BCUT2D eigenvalue weighted by Crippen LogP contribution is 2.41. The van der Waals surface area contributed by atoms with Gasteiger partial charge in [0.15, 0.2) is 5.69 Å². The van der Waals surface area contributed by atoms with Crippen molar-refractivity contribution in [2.24, 2.45) is 0 Å². The van der Waals surface area contributed by atoms with E-state index in [1.54, 1.807) is 6.08 Å². The van der Waals surface area contributed by atoms with E-state index in [0.717, 1.165) is 42.6 Å². The number of hydrogen-bond donors (Lipinski definition) is 3. The topological polar surface area (TPSA) is 123 Å². The maximum Gasteiger partial charge on any atom is 0.331 e. The van der Waals surface area contributed by atoms with Crippen molar-refractivity contribution in [3.63, 3.8) is 0 Å². The van der Waals surface area contributed by atoms with Crippen molar-refractivity contribution in [2.75, 3.05) is 0 Å². The molecule has 3 N–H and O–H groups in total. The Morgan fingerprint density at radius 1 is 1.16 bits per heavy atom. The Hall–Kier alpha value is -3.46. The van der Waals surface area contributed by atoms with Gasteiger partial charge in [0, 0.05) is 30.5 Å². The van der Waals surface area contributed by atoms with Gasteiger partial charge in [-0.1, -0.05) is 32.0 Å². The molecule has 198 valence electrons. The largest absolute Gasteiger partial charge is 0.478 e. The van der Waals surface area contributed by atoms with E-state index in [1.165, 1.54) is 6.92 Å². The smallest absolute Gasteiger partial charge is 0.331 e. The van der Waals surface area contributed by atoms with E-state index >= 15 is 0 Å². The maximum absolute atomic E-state index is 13.5. The number of hydrogen-bond acceptors (Lipinski definition) is 5. The second kappa shape index (κ2) is 11.3. The number of rotatable bonds is 10. The highest BCUT2D eigenvalue weighted by Gasteiger charge is 2.39. The van der Waals surface area contributed by atoms with E-state index < -0.39 is 30.1 Å². The average molecular weight is 509 g/mol. The first-order valence-corrected chi connectivity index (χ1v) is 13.0. The van der Waals surface area contributed by atoms with Gasteiger partial charge >= 0.3 is 5.97 Å². The van der Waals surface area contributed by atoms with Gasteiger partial charge in [-0.15, -0.1) is 0 Å². The Balaban J connectivity index is 1.64. The fourth-order valence-corrected chi connectivity index (χ4v) is 4.92.